The molecule has 0 aromatic heterocycles. The molecule has 0 heterocycles. The lowest BCUT2D eigenvalue weighted by atomic mass is 10.1. The van der Waals surface area contributed by atoms with E-state index in [2.05, 4.69) is 0 Å². The van der Waals surface area contributed by atoms with Crippen LogP contribution in [0.5, 0.6) is 5.75 Å². The predicted molar refractivity (Wildman–Crippen MR) is 61.6 cm³/mol. The van der Waals surface area contributed by atoms with Crippen molar-refractivity contribution in [1.82, 2.24) is 0 Å². The van der Waals surface area contributed by atoms with Crippen LogP contribution in [-0.2, 0) is 11.2 Å². The van der Waals surface area contributed by atoms with Crippen LogP contribution in [0, 0.1) is 0 Å². The van der Waals surface area contributed by atoms with Gasteiger partial charge in [-0.25, -0.2) is 0 Å². The molecular formula is C12H15ClO2. The van der Waals surface area contributed by atoms with Crippen LogP contribution in [0.1, 0.15) is 25.3 Å². The third-order valence-electron chi connectivity index (χ3n) is 2.16. The van der Waals surface area contributed by atoms with Crippen LogP contribution in [-0.4, -0.2) is 12.9 Å². The number of rotatable bonds is 5. The number of hydrogen-bond acceptors (Lipinski definition) is 2. The van der Waals surface area contributed by atoms with Crippen molar-refractivity contribution in [1.29, 1.82) is 0 Å². The van der Waals surface area contributed by atoms with Gasteiger partial charge in [-0.15, -0.1) is 0 Å². The zero-order valence-corrected chi connectivity index (χ0v) is 9.80. The summed E-state index contributed by atoms with van der Waals surface area (Å²) in [6.07, 6.45) is 1.88. The second-order valence-electron chi connectivity index (χ2n) is 3.42. The minimum absolute atomic E-state index is 0.220. The first-order chi connectivity index (χ1) is 7.17. The summed E-state index contributed by atoms with van der Waals surface area (Å²) in [7, 11) is 1.59. The molecule has 0 saturated heterocycles. The largest absolute Gasteiger partial charge is 0.496 e. The first-order valence-electron chi connectivity index (χ1n) is 5.01. The Morgan fingerprint density at radius 3 is 2.80 bits per heavy atom. The van der Waals surface area contributed by atoms with Crippen LogP contribution in [0.15, 0.2) is 18.2 Å². The van der Waals surface area contributed by atoms with E-state index in [9.17, 15) is 4.79 Å². The summed E-state index contributed by atoms with van der Waals surface area (Å²) < 4.78 is 5.17. The van der Waals surface area contributed by atoms with E-state index in [4.69, 9.17) is 16.3 Å². The molecule has 1 aromatic rings. The van der Waals surface area contributed by atoms with Crippen LogP contribution >= 0.6 is 11.6 Å². The van der Waals surface area contributed by atoms with Gasteiger partial charge in [-0.1, -0.05) is 18.5 Å². The Labute approximate surface area is 95.2 Å². The van der Waals surface area contributed by atoms with Gasteiger partial charge in [0, 0.05) is 23.4 Å². The van der Waals surface area contributed by atoms with Gasteiger partial charge in [0.2, 0.25) is 0 Å². The van der Waals surface area contributed by atoms with Crippen LogP contribution in [0.4, 0.5) is 0 Å². The van der Waals surface area contributed by atoms with Crippen molar-refractivity contribution in [3.63, 3.8) is 0 Å². The molecule has 0 aliphatic heterocycles. The summed E-state index contributed by atoms with van der Waals surface area (Å²) in [4.78, 5) is 11.5. The molecular weight excluding hydrogens is 212 g/mol. The summed E-state index contributed by atoms with van der Waals surface area (Å²) in [5.74, 6) is 0.946. The summed E-state index contributed by atoms with van der Waals surface area (Å²) in [6.45, 7) is 1.99. The normalized spacial score (nSPS) is 10.1. The summed E-state index contributed by atoms with van der Waals surface area (Å²) in [5.41, 5.74) is 0.864. The monoisotopic (exact) mass is 226 g/mol. The van der Waals surface area contributed by atoms with Crippen molar-refractivity contribution in [3.8, 4) is 5.75 Å². The Morgan fingerprint density at radius 1 is 1.47 bits per heavy atom. The van der Waals surface area contributed by atoms with Crippen molar-refractivity contribution in [2.75, 3.05) is 7.11 Å². The number of carbonyl (C=O) groups is 1. The standard InChI is InChI=1S/C12H15ClO2/c1-3-4-11(14)8-9-7-10(13)5-6-12(9)15-2/h5-7H,3-4,8H2,1-2H3. The number of benzene rings is 1. The number of carbonyl (C=O) groups excluding carboxylic acids is 1. The van der Waals surface area contributed by atoms with Crippen LogP contribution in [0.25, 0.3) is 0 Å². The number of halogens is 1. The van der Waals surface area contributed by atoms with E-state index in [1.165, 1.54) is 0 Å². The molecule has 0 amide bonds. The minimum Gasteiger partial charge on any atom is -0.496 e. The maximum Gasteiger partial charge on any atom is 0.137 e. The van der Waals surface area contributed by atoms with Crippen LogP contribution in [0.2, 0.25) is 5.02 Å². The number of methoxy groups -OCH3 is 1. The molecule has 1 rings (SSSR count). The lowest BCUT2D eigenvalue weighted by Gasteiger charge is -2.07. The molecule has 0 aliphatic rings. The molecule has 15 heavy (non-hydrogen) atoms. The summed E-state index contributed by atoms with van der Waals surface area (Å²) in [6, 6.07) is 5.33. The molecule has 0 N–H and O–H groups in total. The Balaban J connectivity index is 2.82. The van der Waals surface area contributed by atoms with Gasteiger partial charge in [0.25, 0.3) is 0 Å². The predicted octanol–water partition coefficient (Wildman–Crippen LogP) is 3.26. The van der Waals surface area contributed by atoms with E-state index in [-0.39, 0.29) is 5.78 Å². The second kappa shape index (κ2) is 5.76. The lowest BCUT2D eigenvalue weighted by Crippen LogP contribution is -2.03. The van der Waals surface area contributed by atoms with E-state index in [1.807, 2.05) is 6.92 Å². The van der Waals surface area contributed by atoms with E-state index >= 15 is 0 Å². The maximum absolute atomic E-state index is 11.5. The maximum atomic E-state index is 11.5. The number of ether oxygens (including phenoxy) is 1. The van der Waals surface area contributed by atoms with E-state index in [0.29, 0.717) is 17.9 Å². The van der Waals surface area contributed by atoms with Gasteiger partial charge in [0.05, 0.1) is 7.11 Å². The van der Waals surface area contributed by atoms with Gasteiger partial charge in [0.15, 0.2) is 0 Å². The third kappa shape index (κ3) is 3.56. The molecule has 2 nitrogen and oxygen atoms in total. The SMILES string of the molecule is CCCC(=O)Cc1cc(Cl)ccc1OC. The number of ketones is 1. The molecule has 0 spiro atoms. The molecule has 1 aromatic carbocycles. The van der Waals surface area contributed by atoms with Crippen molar-refractivity contribution in [2.45, 2.75) is 26.2 Å². The molecule has 0 aliphatic carbocycles. The molecule has 0 radical (unpaired) electrons. The van der Waals surface area contributed by atoms with Crippen LogP contribution in [0.3, 0.4) is 0 Å². The zero-order valence-electron chi connectivity index (χ0n) is 9.05. The molecule has 82 valence electrons. The van der Waals surface area contributed by atoms with E-state index in [0.717, 1.165) is 17.7 Å². The van der Waals surface area contributed by atoms with Gasteiger partial charge in [-0.2, -0.15) is 0 Å². The van der Waals surface area contributed by atoms with E-state index in [1.54, 1.807) is 25.3 Å². The van der Waals surface area contributed by atoms with Crippen LogP contribution < -0.4 is 4.74 Å². The minimum atomic E-state index is 0.220. The average molecular weight is 227 g/mol. The molecule has 0 bridgehead atoms. The van der Waals surface area contributed by atoms with Gasteiger partial charge in [-0.3, -0.25) is 4.79 Å². The first-order valence-corrected chi connectivity index (χ1v) is 5.39. The highest BCUT2D eigenvalue weighted by atomic mass is 35.5. The lowest BCUT2D eigenvalue weighted by molar-refractivity contribution is -0.118. The topological polar surface area (TPSA) is 26.3 Å². The van der Waals surface area contributed by atoms with Crippen molar-refractivity contribution < 1.29 is 9.53 Å². The van der Waals surface area contributed by atoms with Gasteiger partial charge < -0.3 is 4.74 Å². The highest BCUT2D eigenvalue weighted by Crippen LogP contribution is 2.23. The van der Waals surface area contributed by atoms with Crippen molar-refractivity contribution in [3.05, 3.63) is 28.8 Å². The molecule has 0 fully saturated rings. The quantitative estimate of drug-likeness (QED) is 0.771. The fourth-order valence-corrected chi connectivity index (χ4v) is 1.66. The third-order valence-corrected chi connectivity index (χ3v) is 2.39. The zero-order chi connectivity index (χ0) is 11.3. The molecule has 0 saturated carbocycles. The Hall–Kier alpha value is -1.02. The molecule has 0 unspecified atom stereocenters. The highest BCUT2D eigenvalue weighted by molar-refractivity contribution is 6.30. The Kier molecular flexibility index (Phi) is 4.63. The average Bonchev–Trinajstić information content (AvgIpc) is 2.18. The molecule has 3 heteroatoms. The van der Waals surface area contributed by atoms with Gasteiger partial charge >= 0.3 is 0 Å². The number of hydrogen-bond donors (Lipinski definition) is 0. The Morgan fingerprint density at radius 2 is 2.20 bits per heavy atom. The first kappa shape index (κ1) is 12.1. The highest BCUT2D eigenvalue weighted by Gasteiger charge is 2.08. The smallest absolute Gasteiger partial charge is 0.137 e. The van der Waals surface area contributed by atoms with Gasteiger partial charge in [0.1, 0.15) is 11.5 Å². The van der Waals surface area contributed by atoms with E-state index < -0.39 is 0 Å². The molecule has 0 atom stereocenters. The fraction of sp³-hybridized carbons (Fsp3) is 0.417. The summed E-state index contributed by atoms with van der Waals surface area (Å²) >= 11 is 5.87. The fourth-order valence-electron chi connectivity index (χ4n) is 1.46. The van der Waals surface area contributed by atoms with Crippen molar-refractivity contribution >= 4 is 17.4 Å². The van der Waals surface area contributed by atoms with Gasteiger partial charge in [-0.05, 0) is 24.6 Å². The van der Waals surface area contributed by atoms with Crippen molar-refractivity contribution in [2.24, 2.45) is 0 Å². The summed E-state index contributed by atoms with van der Waals surface area (Å²) in [5, 5.41) is 0.634. The Bertz CT molecular complexity index is 347. The number of Topliss-reactive ketones (excluding diaryl/α,β-unsaturated/α-hetero) is 1. The second-order valence-corrected chi connectivity index (χ2v) is 3.86.